The molecule has 0 atom stereocenters. The predicted octanol–water partition coefficient (Wildman–Crippen LogP) is 2.46. The number of nitro groups is 1. The number of pyridine rings is 1. The summed E-state index contributed by atoms with van der Waals surface area (Å²) >= 11 is 0. The molecule has 2 rings (SSSR count). The molecule has 17 heavy (non-hydrogen) atoms. The second kappa shape index (κ2) is 4.56. The van der Waals surface area contributed by atoms with Crippen LogP contribution in [0.3, 0.4) is 0 Å². The van der Waals surface area contributed by atoms with E-state index in [1.165, 1.54) is 13.0 Å². The summed E-state index contributed by atoms with van der Waals surface area (Å²) in [7, 11) is 0. The van der Waals surface area contributed by atoms with Crippen LogP contribution in [0.4, 0.5) is 5.69 Å². The Hall–Kier alpha value is -2.50. The smallest absolute Gasteiger partial charge is 0.338 e. The zero-order chi connectivity index (χ0) is 12.3. The van der Waals surface area contributed by atoms with E-state index in [-0.39, 0.29) is 17.1 Å². The third-order valence-electron chi connectivity index (χ3n) is 2.17. The maximum atomic E-state index is 10.8. The Morgan fingerprint density at radius 3 is 2.71 bits per heavy atom. The van der Waals surface area contributed by atoms with Crippen molar-refractivity contribution in [1.82, 2.24) is 10.1 Å². The van der Waals surface area contributed by atoms with Gasteiger partial charge in [-0.25, -0.2) is 0 Å². The Bertz CT molecular complexity index is 561. The molecular formula is C11H9N3O3. The van der Waals surface area contributed by atoms with Gasteiger partial charge in [0.05, 0.1) is 4.92 Å². The van der Waals surface area contributed by atoms with Gasteiger partial charge in [0, 0.05) is 12.4 Å². The average Bonchev–Trinajstić information content (AvgIpc) is 2.69. The maximum absolute atomic E-state index is 10.8. The van der Waals surface area contributed by atoms with Gasteiger partial charge in [0.1, 0.15) is 0 Å². The van der Waals surface area contributed by atoms with Gasteiger partial charge in [-0.2, -0.15) is 0 Å². The van der Waals surface area contributed by atoms with E-state index in [2.05, 4.69) is 10.1 Å². The first-order valence-electron chi connectivity index (χ1n) is 4.87. The first-order chi connectivity index (χ1) is 8.18. The molecule has 0 saturated carbocycles. The highest BCUT2D eigenvalue weighted by Gasteiger charge is 2.21. The van der Waals surface area contributed by atoms with Crippen LogP contribution < -0.4 is 0 Å². The second-order valence-electron chi connectivity index (χ2n) is 3.35. The fraction of sp³-hybridized carbons (Fsp3) is 0.0909. The Kier molecular flexibility index (Phi) is 2.95. The van der Waals surface area contributed by atoms with Gasteiger partial charge < -0.3 is 4.52 Å². The molecule has 0 amide bonds. The van der Waals surface area contributed by atoms with E-state index in [0.29, 0.717) is 0 Å². The lowest BCUT2D eigenvalue weighted by atomic mass is 10.2. The van der Waals surface area contributed by atoms with Crippen molar-refractivity contribution in [2.24, 2.45) is 0 Å². The van der Waals surface area contributed by atoms with Crippen molar-refractivity contribution in [1.29, 1.82) is 0 Å². The van der Waals surface area contributed by atoms with E-state index in [0.717, 1.165) is 5.56 Å². The number of aryl methyl sites for hydroxylation is 1. The van der Waals surface area contributed by atoms with Gasteiger partial charge >= 0.3 is 5.69 Å². The molecule has 0 aliphatic rings. The first-order valence-corrected chi connectivity index (χ1v) is 4.87. The number of rotatable bonds is 3. The van der Waals surface area contributed by atoms with Crippen LogP contribution in [0.2, 0.25) is 0 Å². The second-order valence-corrected chi connectivity index (χ2v) is 3.35. The van der Waals surface area contributed by atoms with Gasteiger partial charge in [0.25, 0.3) is 0 Å². The van der Waals surface area contributed by atoms with Gasteiger partial charge in [-0.05, 0) is 30.7 Å². The molecule has 0 unspecified atom stereocenters. The summed E-state index contributed by atoms with van der Waals surface area (Å²) in [6, 6.07) is 3.57. The number of aromatic nitrogens is 2. The molecule has 6 nitrogen and oxygen atoms in total. The fourth-order valence-corrected chi connectivity index (χ4v) is 1.36. The summed E-state index contributed by atoms with van der Waals surface area (Å²) < 4.78 is 4.88. The summed E-state index contributed by atoms with van der Waals surface area (Å²) in [6.07, 6.45) is 6.50. The van der Waals surface area contributed by atoms with Crippen molar-refractivity contribution in [3.8, 4) is 0 Å². The van der Waals surface area contributed by atoms with Gasteiger partial charge in [0.15, 0.2) is 5.69 Å². The Balaban J connectivity index is 2.31. The standard InChI is InChI=1S/C11H9N3O3/c1-8-11(14(15)16)10(17-13-8)3-2-9-4-6-12-7-5-9/h2-7H,1H3. The molecule has 0 fully saturated rings. The third kappa shape index (κ3) is 2.36. The molecular weight excluding hydrogens is 222 g/mol. The summed E-state index contributed by atoms with van der Waals surface area (Å²) in [5, 5.41) is 14.3. The quantitative estimate of drug-likeness (QED) is 0.598. The molecule has 0 aliphatic heterocycles. The molecule has 0 spiro atoms. The fourth-order valence-electron chi connectivity index (χ4n) is 1.36. The minimum absolute atomic E-state index is 0.102. The molecule has 0 bridgehead atoms. The lowest BCUT2D eigenvalue weighted by Crippen LogP contribution is -1.90. The molecule has 0 aliphatic carbocycles. The topological polar surface area (TPSA) is 82.1 Å². The number of nitrogens with zero attached hydrogens (tertiary/aromatic N) is 3. The molecule has 2 aromatic rings. The van der Waals surface area contributed by atoms with Crippen molar-refractivity contribution in [3.05, 3.63) is 51.7 Å². The highest BCUT2D eigenvalue weighted by molar-refractivity contribution is 5.71. The molecule has 2 aromatic heterocycles. The van der Waals surface area contributed by atoms with Crippen LogP contribution in [-0.2, 0) is 0 Å². The van der Waals surface area contributed by atoms with Crippen LogP contribution >= 0.6 is 0 Å². The largest absolute Gasteiger partial charge is 0.349 e. The van der Waals surface area contributed by atoms with Crippen LogP contribution in [0.5, 0.6) is 0 Å². The van der Waals surface area contributed by atoms with Gasteiger partial charge in [-0.15, -0.1) is 0 Å². The molecule has 2 heterocycles. The zero-order valence-corrected chi connectivity index (χ0v) is 9.03. The minimum atomic E-state index is -0.502. The van der Waals surface area contributed by atoms with Crippen LogP contribution in [0.1, 0.15) is 17.0 Å². The van der Waals surface area contributed by atoms with Crippen LogP contribution in [0, 0.1) is 17.0 Å². The van der Waals surface area contributed by atoms with Crippen LogP contribution in [0.15, 0.2) is 29.0 Å². The molecule has 0 saturated heterocycles. The van der Waals surface area contributed by atoms with Crippen molar-refractivity contribution < 1.29 is 9.45 Å². The summed E-state index contributed by atoms with van der Waals surface area (Å²) in [5.41, 5.74) is 1.04. The van der Waals surface area contributed by atoms with Crippen molar-refractivity contribution in [2.75, 3.05) is 0 Å². The highest BCUT2D eigenvalue weighted by atomic mass is 16.6. The molecule has 0 radical (unpaired) electrons. The Labute approximate surface area is 96.7 Å². The van der Waals surface area contributed by atoms with E-state index in [9.17, 15) is 10.1 Å². The van der Waals surface area contributed by atoms with Crippen molar-refractivity contribution >= 4 is 17.8 Å². The molecule has 86 valence electrons. The minimum Gasteiger partial charge on any atom is -0.349 e. The lowest BCUT2D eigenvalue weighted by molar-refractivity contribution is -0.386. The van der Waals surface area contributed by atoms with Gasteiger partial charge in [-0.1, -0.05) is 11.2 Å². The molecule has 0 N–H and O–H groups in total. The van der Waals surface area contributed by atoms with Crippen LogP contribution in [-0.4, -0.2) is 15.1 Å². The first kappa shape index (κ1) is 11.0. The highest BCUT2D eigenvalue weighted by Crippen LogP contribution is 2.24. The maximum Gasteiger partial charge on any atom is 0.338 e. The van der Waals surface area contributed by atoms with E-state index in [1.54, 1.807) is 30.6 Å². The van der Waals surface area contributed by atoms with Gasteiger partial charge in [-0.3, -0.25) is 15.1 Å². The molecule has 6 heteroatoms. The molecule has 0 aromatic carbocycles. The van der Waals surface area contributed by atoms with E-state index in [4.69, 9.17) is 4.52 Å². The monoisotopic (exact) mass is 231 g/mol. The Morgan fingerprint density at radius 1 is 1.35 bits per heavy atom. The summed E-state index contributed by atoms with van der Waals surface area (Å²) in [5.74, 6) is 0.143. The SMILES string of the molecule is Cc1noc(C=Cc2ccncc2)c1[N+](=O)[O-]. The lowest BCUT2D eigenvalue weighted by Gasteiger charge is -1.90. The summed E-state index contributed by atoms with van der Waals surface area (Å²) in [6.45, 7) is 1.53. The normalized spacial score (nSPS) is 10.9. The van der Waals surface area contributed by atoms with E-state index < -0.39 is 4.92 Å². The number of hydrogen-bond donors (Lipinski definition) is 0. The predicted molar refractivity (Wildman–Crippen MR) is 61.1 cm³/mol. The third-order valence-corrected chi connectivity index (χ3v) is 2.17. The zero-order valence-electron chi connectivity index (χ0n) is 9.03. The summed E-state index contributed by atoms with van der Waals surface area (Å²) in [4.78, 5) is 14.1. The van der Waals surface area contributed by atoms with E-state index >= 15 is 0 Å². The Morgan fingerprint density at radius 2 is 2.06 bits per heavy atom. The van der Waals surface area contributed by atoms with E-state index in [1.807, 2.05) is 0 Å². The van der Waals surface area contributed by atoms with Gasteiger partial charge in [0.2, 0.25) is 5.76 Å². The van der Waals surface area contributed by atoms with Crippen molar-refractivity contribution in [3.63, 3.8) is 0 Å². The average molecular weight is 231 g/mol. The van der Waals surface area contributed by atoms with Crippen LogP contribution in [0.25, 0.3) is 12.2 Å². The number of hydrogen-bond acceptors (Lipinski definition) is 5. The van der Waals surface area contributed by atoms with Crippen molar-refractivity contribution in [2.45, 2.75) is 6.92 Å².